The molecule has 0 amide bonds. The fourth-order valence-corrected chi connectivity index (χ4v) is 8.29. The van der Waals surface area contributed by atoms with E-state index in [4.69, 9.17) is 15.0 Å². The first kappa shape index (κ1) is 37.1. The quantitative estimate of drug-likeness (QED) is 0.123. The van der Waals surface area contributed by atoms with Crippen LogP contribution >= 0.6 is 0 Å². The molecule has 0 saturated carbocycles. The highest BCUT2D eigenvalue weighted by molar-refractivity contribution is 6.20. The fraction of sp³-hybridized carbons (Fsp3) is 0.0179. The van der Waals surface area contributed by atoms with Gasteiger partial charge in [0.15, 0.2) is 17.5 Å². The molecule has 0 saturated heterocycles. The first-order valence-electron chi connectivity index (χ1n) is 20.5. The number of para-hydroxylation sites is 1. The van der Waals surface area contributed by atoms with Crippen molar-refractivity contribution >= 4 is 33.2 Å². The molecule has 2 heterocycles. The highest BCUT2D eigenvalue weighted by Gasteiger charge is 2.25. The van der Waals surface area contributed by atoms with Gasteiger partial charge in [0.25, 0.3) is 0 Å². The average molecular weight is 784 g/mol. The molecule has 0 N–H and O–H groups in total. The van der Waals surface area contributed by atoms with Crippen LogP contribution in [0.5, 0.6) is 0 Å². The molecule has 0 bridgehead atoms. The van der Waals surface area contributed by atoms with Gasteiger partial charge in [-0.25, -0.2) is 15.0 Å². The Hall–Kier alpha value is -8.15. The van der Waals surface area contributed by atoms with E-state index in [1.807, 2.05) is 42.5 Å². The van der Waals surface area contributed by atoms with Crippen molar-refractivity contribution in [1.82, 2.24) is 19.5 Å². The molecule has 0 spiro atoms. The lowest BCUT2D eigenvalue weighted by atomic mass is 10.0. The average Bonchev–Trinajstić information content (AvgIpc) is 3.68. The lowest BCUT2D eigenvalue weighted by Gasteiger charge is -2.29. The Kier molecular flexibility index (Phi) is 10.1. The largest absolute Gasteiger partial charge is 0.313 e. The molecule has 0 aliphatic rings. The van der Waals surface area contributed by atoms with Gasteiger partial charge in [-0.1, -0.05) is 183 Å². The molecule has 61 heavy (non-hydrogen) atoms. The third-order valence-corrected chi connectivity index (χ3v) is 11.0. The van der Waals surface area contributed by atoms with Crippen molar-refractivity contribution in [3.05, 3.63) is 242 Å². The first-order valence-corrected chi connectivity index (χ1v) is 20.5. The summed E-state index contributed by atoms with van der Waals surface area (Å²) in [6, 6.07) is 74.0. The summed E-state index contributed by atoms with van der Waals surface area (Å²) in [5.41, 5.74) is 12.6. The Morgan fingerprint density at radius 1 is 0.459 bits per heavy atom. The van der Waals surface area contributed by atoms with Crippen LogP contribution in [0.3, 0.4) is 0 Å². The molecule has 0 atom stereocenters. The van der Waals surface area contributed by atoms with Crippen LogP contribution in [0.1, 0.15) is 5.56 Å². The molecule has 0 radical (unpaired) electrons. The minimum absolute atomic E-state index is 0.602. The topological polar surface area (TPSA) is 46.8 Å². The van der Waals surface area contributed by atoms with Crippen molar-refractivity contribution in [1.29, 1.82) is 0 Å². The van der Waals surface area contributed by atoms with Crippen LogP contribution in [0.25, 0.3) is 72.8 Å². The minimum atomic E-state index is 0.602. The molecular weight excluding hydrogens is 743 g/mol. The number of fused-ring (bicyclic) bond motifs is 3. The SMILES string of the molecule is C=C/C=C(\Cc1ccccc1)N(c1ccc(-c2ccccc2)cc1)c1cccc2c1c1c(-c3nc(-c4ccccc4)nc(-c4ccccc4)n3)cccc1n2-c1ccccc1. The molecule has 10 aromatic rings. The second-order valence-corrected chi connectivity index (χ2v) is 14.9. The Labute approximate surface area is 355 Å². The van der Waals surface area contributed by atoms with Crippen LogP contribution < -0.4 is 4.90 Å². The van der Waals surface area contributed by atoms with Crippen LogP contribution in [0.4, 0.5) is 11.4 Å². The Balaban J connectivity index is 1.28. The zero-order valence-corrected chi connectivity index (χ0v) is 33.5. The van der Waals surface area contributed by atoms with Gasteiger partial charge in [-0.15, -0.1) is 0 Å². The van der Waals surface area contributed by atoms with E-state index >= 15 is 0 Å². The summed E-state index contributed by atoms with van der Waals surface area (Å²) in [7, 11) is 0. The normalized spacial score (nSPS) is 11.5. The number of anilines is 2. The van der Waals surface area contributed by atoms with Crippen molar-refractivity contribution < 1.29 is 0 Å². The monoisotopic (exact) mass is 783 g/mol. The first-order chi connectivity index (χ1) is 30.2. The van der Waals surface area contributed by atoms with Gasteiger partial charge in [-0.3, -0.25) is 0 Å². The summed E-state index contributed by atoms with van der Waals surface area (Å²) < 4.78 is 2.36. The van der Waals surface area contributed by atoms with Crippen LogP contribution in [0.2, 0.25) is 0 Å². The maximum absolute atomic E-state index is 5.26. The molecule has 290 valence electrons. The molecule has 0 aliphatic heterocycles. The standard InChI is InChI=1S/C56H41N5/c1-2-20-47(39-40-21-8-3-9-22-40)60(46-37-35-42(36-38-46)41-23-10-4-11-24-41)50-33-19-34-51-53(50)52-48(31-18-32-49(52)61(51)45-29-16-7-17-30-45)56-58-54(43-25-12-5-13-26-43)57-55(59-56)44-27-14-6-15-28-44/h2-38H,1,39H2/b47-20+. The van der Waals surface area contributed by atoms with Crippen LogP contribution in [0, 0.1) is 0 Å². The van der Waals surface area contributed by atoms with E-state index in [1.165, 1.54) is 11.1 Å². The number of rotatable bonds is 11. The lowest BCUT2D eigenvalue weighted by Crippen LogP contribution is -2.18. The predicted molar refractivity (Wildman–Crippen MR) is 253 cm³/mol. The van der Waals surface area contributed by atoms with Gasteiger partial charge in [0.2, 0.25) is 0 Å². The van der Waals surface area contributed by atoms with Crippen LogP contribution in [0.15, 0.2) is 237 Å². The van der Waals surface area contributed by atoms with Crippen molar-refractivity contribution in [3.8, 4) is 51.0 Å². The van der Waals surface area contributed by atoms with Gasteiger partial charge in [0.05, 0.1) is 16.7 Å². The van der Waals surface area contributed by atoms with Crippen molar-refractivity contribution in [2.75, 3.05) is 4.90 Å². The number of allylic oxidation sites excluding steroid dienone is 3. The van der Waals surface area contributed by atoms with Crippen LogP contribution in [-0.2, 0) is 6.42 Å². The third kappa shape index (κ3) is 7.30. The van der Waals surface area contributed by atoms with Gasteiger partial charge < -0.3 is 9.47 Å². The highest BCUT2D eigenvalue weighted by Crippen LogP contribution is 2.45. The molecule has 8 aromatic carbocycles. The lowest BCUT2D eigenvalue weighted by molar-refractivity contribution is 1.05. The number of benzene rings is 8. The second-order valence-electron chi connectivity index (χ2n) is 14.9. The molecule has 5 heteroatoms. The van der Waals surface area contributed by atoms with Crippen molar-refractivity contribution in [3.63, 3.8) is 0 Å². The van der Waals surface area contributed by atoms with E-state index in [1.54, 1.807) is 0 Å². The zero-order chi connectivity index (χ0) is 41.0. The van der Waals surface area contributed by atoms with Gasteiger partial charge in [0.1, 0.15) is 0 Å². The van der Waals surface area contributed by atoms with Crippen molar-refractivity contribution in [2.45, 2.75) is 6.42 Å². The van der Waals surface area contributed by atoms with E-state index in [0.717, 1.165) is 66.8 Å². The summed E-state index contributed by atoms with van der Waals surface area (Å²) in [4.78, 5) is 18.0. The molecule has 10 rings (SSSR count). The smallest absolute Gasteiger partial charge is 0.164 e. The number of aromatic nitrogens is 4. The second kappa shape index (κ2) is 16.6. The van der Waals surface area contributed by atoms with E-state index in [9.17, 15) is 0 Å². The highest BCUT2D eigenvalue weighted by atomic mass is 15.2. The van der Waals surface area contributed by atoms with Gasteiger partial charge in [-0.2, -0.15) is 0 Å². The number of hydrogen-bond donors (Lipinski definition) is 0. The number of hydrogen-bond acceptors (Lipinski definition) is 4. The van der Waals surface area contributed by atoms with E-state index in [-0.39, 0.29) is 0 Å². The van der Waals surface area contributed by atoms with E-state index < -0.39 is 0 Å². The predicted octanol–water partition coefficient (Wildman–Crippen LogP) is 14.1. The Morgan fingerprint density at radius 3 is 1.54 bits per heavy atom. The summed E-state index contributed by atoms with van der Waals surface area (Å²) in [6.45, 7) is 4.21. The maximum atomic E-state index is 5.26. The third-order valence-electron chi connectivity index (χ3n) is 11.0. The Bertz CT molecular complexity index is 3080. The van der Waals surface area contributed by atoms with E-state index in [2.05, 4.69) is 198 Å². The van der Waals surface area contributed by atoms with E-state index in [0.29, 0.717) is 23.9 Å². The van der Waals surface area contributed by atoms with Crippen molar-refractivity contribution in [2.24, 2.45) is 0 Å². The fourth-order valence-electron chi connectivity index (χ4n) is 8.29. The molecule has 0 fully saturated rings. The molecule has 0 aliphatic carbocycles. The van der Waals surface area contributed by atoms with Gasteiger partial charge in [0, 0.05) is 51.0 Å². The molecular formula is C56H41N5. The zero-order valence-electron chi connectivity index (χ0n) is 33.5. The molecule has 0 unspecified atom stereocenters. The summed E-state index contributed by atoms with van der Waals surface area (Å²) in [5.74, 6) is 1.84. The maximum Gasteiger partial charge on any atom is 0.164 e. The van der Waals surface area contributed by atoms with Gasteiger partial charge >= 0.3 is 0 Å². The summed E-state index contributed by atoms with van der Waals surface area (Å²) >= 11 is 0. The summed E-state index contributed by atoms with van der Waals surface area (Å²) in [5, 5.41) is 2.12. The van der Waals surface area contributed by atoms with Crippen LogP contribution in [-0.4, -0.2) is 19.5 Å². The Morgan fingerprint density at radius 2 is 0.951 bits per heavy atom. The summed E-state index contributed by atoms with van der Waals surface area (Å²) in [6.07, 6.45) is 4.71. The minimum Gasteiger partial charge on any atom is -0.313 e. The molecule has 5 nitrogen and oxygen atoms in total. The number of nitrogens with zero attached hydrogens (tertiary/aromatic N) is 5. The van der Waals surface area contributed by atoms with Gasteiger partial charge in [-0.05, 0) is 65.2 Å². The molecule has 2 aromatic heterocycles.